The van der Waals surface area contributed by atoms with E-state index in [0.717, 1.165) is 6.54 Å². The van der Waals surface area contributed by atoms with Crippen molar-refractivity contribution >= 4 is 11.3 Å². The maximum atomic E-state index is 3.86. The van der Waals surface area contributed by atoms with Crippen LogP contribution in [0.3, 0.4) is 0 Å². The highest BCUT2D eigenvalue weighted by molar-refractivity contribution is 7.10. The van der Waals surface area contributed by atoms with Crippen LogP contribution in [-0.2, 0) is 5.41 Å². The molecule has 1 nitrogen and oxygen atoms in total. The van der Waals surface area contributed by atoms with Crippen LogP contribution in [0, 0.1) is 6.92 Å². The molecule has 2 heteroatoms. The molecule has 1 aromatic carbocycles. The van der Waals surface area contributed by atoms with Crippen LogP contribution in [0.5, 0.6) is 0 Å². The van der Waals surface area contributed by atoms with Gasteiger partial charge in [0.1, 0.15) is 0 Å². The SMILES string of the molecule is CCCNC(c1sccc1C)C1(c2ccccc2)CCC1. The highest BCUT2D eigenvalue weighted by Gasteiger charge is 2.46. The number of nitrogens with one attached hydrogen (secondary N) is 1. The van der Waals surface area contributed by atoms with E-state index in [2.05, 4.69) is 60.9 Å². The molecule has 0 saturated heterocycles. The fraction of sp³-hybridized carbons (Fsp3) is 0.474. The van der Waals surface area contributed by atoms with E-state index in [-0.39, 0.29) is 0 Å². The van der Waals surface area contributed by atoms with Crippen molar-refractivity contribution in [3.8, 4) is 0 Å². The first-order chi connectivity index (χ1) is 10.3. The molecule has 112 valence electrons. The molecule has 0 amide bonds. The molecular weight excluding hydrogens is 274 g/mol. The largest absolute Gasteiger partial charge is 0.309 e. The molecule has 1 N–H and O–H groups in total. The van der Waals surface area contributed by atoms with Gasteiger partial charge in [0, 0.05) is 10.3 Å². The summed E-state index contributed by atoms with van der Waals surface area (Å²) in [5.41, 5.74) is 3.25. The van der Waals surface area contributed by atoms with Gasteiger partial charge in [0.25, 0.3) is 0 Å². The third-order valence-corrected chi connectivity index (χ3v) is 5.99. The summed E-state index contributed by atoms with van der Waals surface area (Å²) in [6.45, 7) is 5.60. The van der Waals surface area contributed by atoms with Gasteiger partial charge >= 0.3 is 0 Å². The molecule has 1 fully saturated rings. The molecule has 1 atom stereocenters. The number of rotatable bonds is 6. The highest BCUT2D eigenvalue weighted by Crippen LogP contribution is 2.53. The van der Waals surface area contributed by atoms with Gasteiger partial charge in [-0.25, -0.2) is 0 Å². The Kier molecular flexibility index (Phi) is 4.46. The lowest BCUT2D eigenvalue weighted by Gasteiger charge is -2.49. The van der Waals surface area contributed by atoms with E-state index in [0.29, 0.717) is 11.5 Å². The molecule has 1 saturated carbocycles. The number of thiophene rings is 1. The summed E-state index contributed by atoms with van der Waals surface area (Å²) in [7, 11) is 0. The average Bonchev–Trinajstić information content (AvgIpc) is 2.88. The lowest BCUT2D eigenvalue weighted by molar-refractivity contribution is 0.171. The van der Waals surface area contributed by atoms with Crippen molar-refractivity contribution in [2.45, 2.75) is 51.0 Å². The van der Waals surface area contributed by atoms with Crippen LogP contribution in [0.4, 0.5) is 0 Å². The zero-order valence-corrected chi connectivity index (χ0v) is 13.9. The van der Waals surface area contributed by atoms with Gasteiger partial charge in [-0.1, -0.05) is 43.7 Å². The minimum Gasteiger partial charge on any atom is -0.309 e. The second-order valence-corrected chi connectivity index (χ2v) is 7.18. The minimum absolute atomic E-state index is 0.298. The molecule has 2 aromatic rings. The van der Waals surface area contributed by atoms with Crippen molar-refractivity contribution in [3.05, 3.63) is 57.8 Å². The fourth-order valence-electron chi connectivity index (χ4n) is 3.58. The average molecular weight is 299 g/mol. The van der Waals surface area contributed by atoms with Crippen molar-refractivity contribution in [2.75, 3.05) is 6.54 Å². The van der Waals surface area contributed by atoms with E-state index in [1.54, 1.807) is 0 Å². The summed E-state index contributed by atoms with van der Waals surface area (Å²) in [6, 6.07) is 13.9. The predicted molar refractivity (Wildman–Crippen MR) is 92.1 cm³/mol. The first-order valence-corrected chi connectivity index (χ1v) is 8.99. The molecule has 0 spiro atoms. The lowest BCUT2D eigenvalue weighted by Crippen LogP contribution is -2.46. The lowest BCUT2D eigenvalue weighted by atomic mass is 9.59. The minimum atomic E-state index is 0.298. The van der Waals surface area contributed by atoms with Crippen LogP contribution in [0.1, 0.15) is 54.7 Å². The summed E-state index contributed by atoms with van der Waals surface area (Å²) in [5, 5.41) is 6.10. The maximum Gasteiger partial charge on any atom is 0.0515 e. The molecule has 3 rings (SSSR count). The number of aryl methyl sites for hydroxylation is 1. The van der Waals surface area contributed by atoms with Gasteiger partial charge in [-0.2, -0.15) is 0 Å². The van der Waals surface area contributed by atoms with E-state index in [4.69, 9.17) is 0 Å². The third-order valence-electron chi connectivity index (χ3n) is 4.91. The zero-order chi connectivity index (χ0) is 14.7. The quantitative estimate of drug-likeness (QED) is 0.771. The van der Waals surface area contributed by atoms with Gasteiger partial charge in [-0.15, -0.1) is 11.3 Å². The Hall–Kier alpha value is -1.12. The number of hydrogen-bond donors (Lipinski definition) is 1. The summed E-state index contributed by atoms with van der Waals surface area (Å²) in [4.78, 5) is 1.53. The Morgan fingerprint density at radius 3 is 2.48 bits per heavy atom. The molecule has 1 unspecified atom stereocenters. The van der Waals surface area contributed by atoms with Crippen molar-refractivity contribution in [1.29, 1.82) is 0 Å². The van der Waals surface area contributed by atoms with Gasteiger partial charge < -0.3 is 5.32 Å². The monoisotopic (exact) mass is 299 g/mol. The van der Waals surface area contributed by atoms with Crippen molar-refractivity contribution in [2.24, 2.45) is 0 Å². The highest BCUT2D eigenvalue weighted by atomic mass is 32.1. The molecule has 21 heavy (non-hydrogen) atoms. The molecule has 1 heterocycles. The van der Waals surface area contributed by atoms with E-state index in [1.165, 1.54) is 41.7 Å². The van der Waals surface area contributed by atoms with Crippen LogP contribution in [0.25, 0.3) is 0 Å². The third kappa shape index (κ3) is 2.67. The Morgan fingerprint density at radius 1 is 1.19 bits per heavy atom. The Labute approximate surface area is 132 Å². The normalized spacial score (nSPS) is 18.2. The second kappa shape index (κ2) is 6.33. The first kappa shape index (κ1) is 14.8. The Bertz CT molecular complexity index is 568. The Morgan fingerprint density at radius 2 is 1.95 bits per heavy atom. The second-order valence-electron chi connectivity index (χ2n) is 6.23. The Balaban J connectivity index is 2.00. The summed E-state index contributed by atoms with van der Waals surface area (Å²) in [5.74, 6) is 0. The van der Waals surface area contributed by atoms with E-state index < -0.39 is 0 Å². The molecule has 0 aliphatic heterocycles. The molecule has 1 aromatic heterocycles. The topological polar surface area (TPSA) is 12.0 Å². The smallest absolute Gasteiger partial charge is 0.0515 e. The van der Waals surface area contributed by atoms with Crippen LogP contribution < -0.4 is 5.32 Å². The number of hydrogen-bond acceptors (Lipinski definition) is 2. The van der Waals surface area contributed by atoms with Crippen LogP contribution >= 0.6 is 11.3 Å². The maximum absolute atomic E-state index is 3.86. The van der Waals surface area contributed by atoms with Crippen molar-refractivity contribution in [1.82, 2.24) is 5.32 Å². The predicted octanol–water partition coefficient (Wildman–Crippen LogP) is 5.22. The van der Waals surface area contributed by atoms with Gasteiger partial charge in [-0.3, -0.25) is 0 Å². The zero-order valence-electron chi connectivity index (χ0n) is 13.1. The molecular formula is C19H25NS. The van der Waals surface area contributed by atoms with E-state index in [9.17, 15) is 0 Å². The molecule has 1 aliphatic carbocycles. The van der Waals surface area contributed by atoms with Crippen LogP contribution in [0.15, 0.2) is 41.8 Å². The molecule has 0 radical (unpaired) electrons. The summed E-state index contributed by atoms with van der Waals surface area (Å²) >= 11 is 1.92. The standard InChI is InChI=1S/C19H25NS/c1-3-13-20-18(17-15(2)10-14-21-17)19(11-7-12-19)16-8-5-4-6-9-16/h4-6,8-10,14,18,20H,3,7,11-13H2,1-2H3. The van der Waals surface area contributed by atoms with Crippen molar-refractivity contribution < 1.29 is 0 Å². The van der Waals surface area contributed by atoms with E-state index >= 15 is 0 Å². The van der Waals surface area contributed by atoms with Gasteiger partial charge in [0.2, 0.25) is 0 Å². The molecule has 0 bridgehead atoms. The van der Waals surface area contributed by atoms with E-state index in [1.807, 2.05) is 11.3 Å². The summed E-state index contributed by atoms with van der Waals surface area (Å²) < 4.78 is 0. The van der Waals surface area contributed by atoms with Crippen LogP contribution in [-0.4, -0.2) is 6.54 Å². The van der Waals surface area contributed by atoms with Crippen LogP contribution in [0.2, 0.25) is 0 Å². The first-order valence-electron chi connectivity index (χ1n) is 8.11. The van der Waals surface area contributed by atoms with Gasteiger partial charge in [0.15, 0.2) is 0 Å². The number of benzene rings is 1. The van der Waals surface area contributed by atoms with Crippen molar-refractivity contribution in [3.63, 3.8) is 0 Å². The summed E-state index contributed by atoms with van der Waals surface area (Å²) in [6.07, 6.45) is 5.14. The van der Waals surface area contributed by atoms with Gasteiger partial charge in [-0.05, 0) is 55.3 Å². The molecule has 1 aliphatic rings. The van der Waals surface area contributed by atoms with Gasteiger partial charge in [0.05, 0.1) is 6.04 Å². The fourth-order valence-corrected chi connectivity index (χ4v) is 4.70.